The Hall–Kier alpha value is -2.68. The van der Waals surface area contributed by atoms with Gasteiger partial charge >= 0.3 is 18.2 Å². The van der Waals surface area contributed by atoms with Gasteiger partial charge in [0.2, 0.25) is 5.91 Å². The molecule has 0 rings (SSSR count). The van der Waals surface area contributed by atoms with E-state index < -0.39 is 30.3 Å². The topological polar surface area (TPSA) is 197 Å². The Morgan fingerprint density at radius 1 is 0.800 bits per heavy atom. The molecule has 1 atom stereocenters. The summed E-state index contributed by atoms with van der Waals surface area (Å²) in [5.41, 5.74) is 5.42. The molecule has 0 heterocycles. The number of hydrogen-bond donors (Lipinski definition) is 5. The van der Waals surface area contributed by atoms with Crippen LogP contribution in [0.1, 0.15) is 32.1 Å². The van der Waals surface area contributed by atoms with Crippen LogP contribution in [0, 0.1) is 0 Å². The quantitative estimate of drug-likeness (QED) is 0.126. The summed E-state index contributed by atoms with van der Waals surface area (Å²) in [4.78, 5) is 46.0. The summed E-state index contributed by atoms with van der Waals surface area (Å²) in [6, 6.07) is -0.892. The van der Waals surface area contributed by atoms with Crippen LogP contribution in [0.5, 0.6) is 0 Å². The Bertz CT molecular complexity index is 583. The number of hydrogen-bond acceptors (Lipinski definition) is 10. The van der Waals surface area contributed by atoms with E-state index in [1.54, 1.807) is 0 Å². The van der Waals surface area contributed by atoms with E-state index in [4.69, 9.17) is 34.5 Å². The van der Waals surface area contributed by atoms with Crippen LogP contribution in [0.4, 0.5) is 9.59 Å². The summed E-state index contributed by atoms with van der Waals surface area (Å²) in [7, 11) is 3.01. The number of nitrogens with two attached hydrogens (primary N) is 1. The minimum Gasteiger partial charge on any atom is -0.480 e. The van der Waals surface area contributed by atoms with Crippen LogP contribution < -0.4 is 21.7 Å². The first kappa shape index (κ1) is 32.3. The van der Waals surface area contributed by atoms with Gasteiger partial charge in [0.25, 0.3) is 0 Å². The van der Waals surface area contributed by atoms with Crippen molar-refractivity contribution in [2.45, 2.75) is 44.2 Å². The van der Waals surface area contributed by atoms with Crippen molar-refractivity contribution in [1.82, 2.24) is 16.0 Å². The number of alkyl carbamates (subject to hydrolysis) is 2. The maximum Gasteiger partial charge on any atom is 0.407 e. The summed E-state index contributed by atoms with van der Waals surface area (Å²) >= 11 is 0. The van der Waals surface area contributed by atoms with Crippen molar-refractivity contribution < 1.29 is 48.0 Å². The standard InChI is InChI=1S/C21H40N4O10/c1-31-12-9-24-20(29)34-14-16(15-35-21(30)25-10-13-32-2)33-11-5-7-18(26)23-8-4-3-6-17(22)19(27)28/h16-17H,3-15,22H2,1-2H3,(H,23,26)(H,24,29)(H,25,30)(H,27,28)/t17-/m0/s1. The van der Waals surface area contributed by atoms with Gasteiger partial charge in [0.15, 0.2) is 0 Å². The molecule has 0 saturated heterocycles. The highest BCUT2D eigenvalue weighted by Gasteiger charge is 2.16. The first-order chi connectivity index (χ1) is 16.8. The van der Waals surface area contributed by atoms with E-state index in [0.717, 1.165) is 0 Å². The van der Waals surface area contributed by atoms with Crippen molar-refractivity contribution in [3.05, 3.63) is 0 Å². The van der Waals surface area contributed by atoms with E-state index in [-0.39, 0.29) is 45.2 Å². The van der Waals surface area contributed by atoms with Gasteiger partial charge in [-0.2, -0.15) is 0 Å². The van der Waals surface area contributed by atoms with Crippen LogP contribution in [-0.4, -0.2) is 108 Å². The molecule has 0 aromatic carbocycles. The summed E-state index contributed by atoms with van der Waals surface area (Å²) in [5, 5.41) is 16.5. The van der Waals surface area contributed by atoms with Crippen molar-refractivity contribution in [2.75, 3.05) is 66.9 Å². The average molecular weight is 509 g/mol. The Balaban J connectivity index is 4.23. The number of carboxylic acid groups (broad SMARTS) is 1. The lowest BCUT2D eigenvalue weighted by Crippen LogP contribution is -2.35. The van der Waals surface area contributed by atoms with Crippen LogP contribution >= 0.6 is 0 Å². The van der Waals surface area contributed by atoms with E-state index in [1.165, 1.54) is 14.2 Å². The van der Waals surface area contributed by atoms with Crippen molar-refractivity contribution in [2.24, 2.45) is 5.73 Å². The molecule has 14 heteroatoms. The number of carboxylic acids is 1. The third-order valence-electron chi connectivity index (χ3n) is 4.43. The molecular formula is C21H40N4O10. The molecular weight excluding hydrogens is 468 g/mol. The third kappa shape index (κ3) is 20.4. The van der Waals surface area contributed by atoms with Crippen LogP contribution in [0.25, 0.3) is 0 Å². The number of unbranched alkanes of at least 4 members (excludes halogenated alkanes) is 1. The molecule has 35 heavy (non-hydrogen) atoms. The van der Waals surface area contributed by atoms with Crippen molar-refractivity contribution >= 4 is 24.1 Å². The molecule has 0 aliphatic heterocycles. The monoisotopic (exact) mass is 508 g/mol. The molecule has 0 spiro atoms. The summed E-state index contributed by atoms with van der Waals surface area (Å²) in [5.74, 6) is -1.21. The predicted octanol–water partition coefficient (Wildman–Crippen LogP) is -0.405. The first-order valence-electron chi connectivity index (χ1n) is 11.5. The van der Waals surface area contributed by atoms with Crippen LogP contribution in [-0.2, 0) is 33.3 Å². The molecule has 0 aromatic rings. The van der Waals surface area contributed by atoms with Gasteiger partial charge in [0.1, 0.15) is 25.4 Å². The van der Waals surface area contributed by atoms with E-state index in [9.17, 15) is 19.2 Å². The van der Waals surface area contributed by atoms with Gasteiger partial charge < -0.3 is 50.5 Å². The summed E-state index contributed by atoms with van der Waals surface area (Å²) in [6.45, 7) is 1.50. The van der Waals surface area contributed by atoms with Crippen LogP contribution in [0.15, 0.2) is 0 Å². The van der Waals surface area contributed by atoms with E-state index >= 15 is 0 Å². The summed E-state index contributed by atoms with van der Waals surface area (Å²) in [6.07, 6.45) is 0.116. The largest absolute Gasteiger partial charge is 0.480 e. The van der Waals surface area contributed by atoms with Gasteiger partial charge in [-0.05, 0) is 25.7 Å². The maximum atomic E-state index is 11.9. The lowest BCUT2D eigenvalue weighted by molar-refractivity contribution is -0.138. The number of methoxy groups -OCH3 is 2. The molecule has 14 nitrogen and oxygen atoms in total. The number of amides is 3. The second kappa shape index (κ2) is 21.8. The third-order valence-corrected chi connectivity index (χ3v) is 4.43. The van der Waals surface area contributed by atoms with Gasteiger partial charge in [0.05, 0.1) is 13.2 Å². The molecule has 3 amide bonds. The second-order valence-corrected chi connectivity index (χ2v) is 7.42. The molecule has 0 aromatic heterocycles. The molecule has 0 saturated carbocycles. The fraction of sp³-hybridized carbons (Fsp3) is 0.810. The maximum absolute atomic E-state index is 11.9. The minimum atomic E-state index is -1.04. The van der Waals surface area contributed by atoms with E-state index in [2.05, 4.69) is 16.0 Å². The minimum absolute atomic E-state index is 0.158. The average Bonchev–Trinajstić information content (AvgIpc) is 2.82. The Morgan fingerprint density at radius 2 is 1.37 bits per heavy atom. The molecule has 0 aliphatic rings. The summed E-state index contributed by atoms with van der Waals surface area (Å²) < 4.78 is 25.5. The Labute approximate surface area is 205 Å². The SMILES string of the molecule is COCCNC(=O)OCC(COC(=O)NCCOC)OCCCC(=O)NCCCC[C@H](N)C(=O)O. The number of carbonyl (C=O) groups is 4. The number of aliphatic carboxylic acids is 1. The highest BCUT2D eigenvalue weighted by atomic mass is 16.6. The lowest BCUT2D eigenvalue weighted by Gasteiger charge is -2.18. The number of ether oxygens (including phenoxy) is 5. The zero-order valence-electron chi connectivity index (χ0n) is 20.5. The lowest BCUT2D eigenvalue weighted by atomic mass is 10.1. The van der Waals surface area contributed by atoms with Crippen molar-refractivity contribution in [3.63, 3.8) is 0 Å². The first-order valence-corrected chi connectivity index (χ1v) is 11.5. The normalized spacial score (nSPS) is 11.5. The van der Waals surface area contributed by atoms with Crippen LogP contribution in [0.3, 0.4) is 0 Å². The fourth-order valence-corrected chi connectivity index (χ4v) is 2.51. The highest BCUT2D eigenvalue weighted by molar-refractivity contribution is 5.75. The highest BCUT2D eigenvalue weighted by Crippen LogP contribution is 2.01. The molecule has 0 unspecified atom stereocenters. The smallest absolute Gasteiger partial charge is 0.407 e. The van der Waals surface area contributed by atoms with Crippen molar-refractivity contribution in [1.29, 1.82) is 0 Å². The molecule has 204 valence electrons. The van der Waals surface area contributed by atoms with Gasteiger partial charge in [0, 0.05) is 46.9 Å². The van der Waals surface area contributed by atoms with Gasteiger partial charge in [-0.1, -0.05) is 0 Å². The van der Waals surface area contributed by atoms with E-state index in [0.29, 0.717) is 45.4 Å². The van der Waals surface area contributed by atoms with E-state index in [1.807, 2.05) is 0 Å². The number of carbonyl (C=O) groups excluding carboxylic acids is 3. The van der Waals surface area contributed by atoms with Crippen LogP contribution in [0.2, 0.25) is 0 Å². The molecule has 6 N–H and O–H groups in total. The predicted molar refractivity (Wildman–Crippen MR) is 124 cm³/mol. The molecule has 0 radical (unpaired) electrons. The Morgan fingerprint density at radius 3 is 1.89 bits per heavy atom. The van der Waals surface area contributed by atoms with Gasteiger partial charge in [-0.25, -0.2) is 9.59 Å². The second-order valence-electron chi connectivity index (χ2n) is 7.42. The number of nitrogens with one attached hydrogen (secondary N) is 3. The molecule has 0 aliphatic carbocycles. The number of rotatable bonds is 21. The zero-order valence-corrected chi connectivity index (χ0v) is 20.5. The Kier molecular flexibility index (Phi) is 20.2. The van der Waals surface area contributed by atoms with Gasteiger partial charge in [-0.3, -0.25) is 9.59 Å². The zero-order chi connectivity index (χ0) is 26.3. The van der Waals surface area contributed by atoms with Crippen molar-refractivity contribution in [3.8, 4) is 0 Å². The molecule has 0 bridgehead atoms. The van der Waals surface area contributed by atoms with Gasteiger partial charge in [-0.15, -0.1) is 0 Å². The fourth-order valence-electron chi connectivity index (χ4n) is 2.51. The molecule has 0 fully saturated rings.